The van der Waals surface area contributed by atoms with Crippen molar-refractivity contribution in [1.29, 1.82) is 0 Å². The zero-order chi connectivity index (χ0) is 19.3. The number of rotatable bonds is 5. The third kappa shape index (κ3) is 3.98. The van der Waals surface area contributed by atoms with Gasteiger partial charge in [0.2, 0.25) is 5.95 Å². The van der Waals surface area contributed by atoms with Gasteiger partial charge in [-0.05, 0) is 31.2 Å². The first-order valence-corrected chi connectivity index (χ1v) is 9.39. The number of nitrogens with one attached hydrogen (secondary N) is 1. The summed E-state index contributed by atoms with van der Waals surface area (Å²) in [7, 11) is 1.71. The lowest BCUT2D eigenvalue weighted by atomic mass is 10.2. The largest absolute Gasteiger partial charge is 0.495 e. The highest BCUT2D eigenvalue weighted by Gasteiger charge is 2.21. The molecular weight excluding hydrogens is 352 g/mol. The number of hydrogen-bond donors (Lipinski definition) is 1. The molecule has 0 spiro atoms. The molecule has 0 saturated carbocycles. The molecule has 0 bridgehead atoms. The summed E-state index contributed by atoms with van der Waals surface area (Å²) < 4.78 is 5.50. The number of benzene rings is 2. The molecule has 0 amide bonds. The Hall–Kier alpha value is -3.35. The third-order valence-corrected chi connectivity index (χ3v) is 4.88. The minimum Gasteiger partial charge on any atom is -0.495 e. The van der Waals surface area contributed by atoms with Gasteiger partial charge < -0.3 is 19.9 Å². The van der Waals surface area contributed by atoms with Crippen LogP contribution >= 0.6 is 0 Å². The van der Waals surface area contributed by atoms with Gasteiger partial charge in [-0.15, -0.1) is 5.10 Å². The molecule has 3 aromatic rings. The van der Waals surface area contributed by atoms with Crippen molar-refractivity contribution in [2.45, 2.75) is 6.92 Å². The van der Waals surface area contributed by atoms with Crippen molar-refractivity contribution in [2.75, 3.05) is 48.4 Å². The summed E-state index contributed by atoms with van der Waals surface area (Å²) in [5.74, 6) is 2.25. The average Bonchev–Trinajstić information content (AvgIpc) is 2.76. The zero-order valence-corrected chi connectivity index (χ0v) is 16.2. The van der Waals surface area contributed by atoms with E-state index in [2.05, 4.69) is 55.4 Å². The van der Waals surface area contributed by atoms with Crippen LogP contribution in [-0.2, 0) is 0 Å². The maximum absolute atomic E-state index is 5.50. The lowest BCUT2D eigenvalue weighted by Crippen LogP contribution is -2.47. The molecular formula is C21H24N6O. The Balaban J connectivity index is 1.42. The van der Waals surface area contributed by atoms with Crippen LogP contribution in [0.4, 0.5) is 23.1 Å². The summed E-state index contributed by atoms with van der Waals surface area (Å²) in [6, 6.07) is 16.3. The molecule has 1 N–H and O–H groups in total. The standard InChI is InChI=1S/C21H24N6O/c1-16-7-9-17(10-8-16)23-21-24-20(15-22-25-21)27-13-11-26(12-14-27)18-5-3-4-6-19(18)28-2/h3-10,15H,11-14H2,1-2H3,(H,23,24,25). The molecule has 7 nitrogen and oxygen atoms in total. The maximum atomic E-state index is 5.50. The van der Waals surface area contributed by atoms with Crippen molar-refractivity contribution < 1.29 is 4.74 Å². The number of para-hydroxylation sites is 2. The molecule has 1 aliphatic rings. The molecule has 2 aromatic carbocycles. The number of anilines is 4. The highest BCUT2D eigenvalue weighted by Crippen LogP contribution is 2.29. The number of nitrogens with zero attached hydrogens (tertiary/aromatic N) is 5. The Bertz CT molecular complexity index is 922. The summed E-state index contributed by atoms with van der Waals surface area (Å²) >= 11 is 0. The molecule has 0 radical (unpaired) electrons. The van der Waals surface area contributed by atoms with Gasteiger partial charge in [0.1, 0.15) is 5.75 Å². The van der Waals surface area contributed by atoms with Gasteiger partial charge in [0, 0.05) is 31.9 Å². The molecule has 0 atom stereocenters. The highest BCUT2D eigenvalue weighted by molar-refractivity contribution is 5.60. The van der Waals surface area contributed by atoms with Crippen molar-refractivity contribution in [3.05, 3.63) is 60.3 Å². The third-order valence-electron chi connectivity index (χ3n) is 4.88. The summed E-state index contributed by atoms with van der Waals surface area (Å²) in [6.45, 7) is 5.57. The van der Waals surface area contributed by atoms with Gasteiger partial charge in [-0.2, -0.15) is 10.1 Å². The first-order valence-electron chi connectivity index (χ1n) is 9.39. The molecule has 7 heteroatoms. The predicted molar refractivity (Wildman–Crippen MR) is 112 cm³/mol. The molecule has 0 unspecified atom stereocenters. The average molecular weight is 376 g/mol. The fourth-order valence-corrected chi connectivity index (χ4v) is 3.33. The van der Waals surface area contributed by atoms with Crippen molar-refractivity contribution >= 4 is 23.1 Å². The van der Waals surface area contributed by atoms with Crippen molar-refractivity contribution in [3.8, 4) is 5.75 Å². The van der Waals surface area contributed by atoms with Crippen LogP contribution in [0.25, 0.3) is 0 Å². The van der Waals surface area contributed by atoms with Gasteiger partial charge in [-0.1, -0.05) is 29.8 Å². The van der Waals surface area contributed by atoms with E-state index in [1.165, 1.54) is 5.56 Å². The minimum atomic E-state index is 0.508. The number of ether oxygens (including phenoxy) is 1. The second kappa shape index (κ2) is 8.12. The Kier molecular flexibility index (Phi) is 5.23. The lowest BCUT2D eigenvalue weighted by molar-refractivity contribution is 0.413. The molecule has 144 valence electrons. The van der Waals surface area contributed by atoms with Crippen LogP contribution in [0.5, 0.6) is 5.75 Å². The van der Waals surface area contributed by atoms with Crippen LogP contribution in [0.15, 0.2) is 54.7 Å². The molecule has 1 fully saturated rings. The molecule has 2 heterocycles. The van der Waals surface area contributed by atoms with Crippen molar-refractivity contribution in [2.24, 2.45) is 0 Å². The number of piperazine rings is 1. The molecule has 1 aliphatic heterocycles. The van der Waals surface area contributed by atoms with Gasteiger partial charge in [0.15, 0.2) is 5.82 Å². The monoisotopic (exact) mass is 376 g/mol. The predicted octanol–water partition coefficient (Wildman–Crippen LogP) is 3.26. The van der Waals surface area contributed by atoms with Crippen LogP contribution in [0.1, 0.15) is 5.56 Å². The Labute approximate surface area is 165 Å². The van der Waals surface area contributed by atoms with Gasteiger partial charge in [0.25, 0.3) is 0 Å². The molecule has 1 saturated heterocycles. The summed E-state index contributed by atoms with van der Waals surface area (Å²) in [5.41, 5.74) is 3.30. The van der Waals surface area contributed by atoms with E-state index in [0.717, 1.165) is 49.1 Å². The van der Waals surface area contributed by atoms with E-state index in [-0.39, 0.29) is 0 Å². The first kappa shape index (κ1) is 18.0. The second-order valence-electron chi connectivity index (χ2n) is 6.78. The number of hydrogen-bond acceptors (Lipinski definition) is 7. The first-order chi connectivity index (χ1) is 13.7. The van der Waals surface area contributed by atoms with Crippen LogP contribution in [-0.4, -0.2) is 48.5 Å². The van der Waals surface area contributed by atoms with Gasteiger partial charge in [-0.3, -0.25) is 0 Å². The SMILES string of the molecule is COc1ccccc1N1CCN(c2cnnc(Nc3ccc(C)cc3)n2)CC1. The summed E-state index contributed by atoms with van der Waals surface area (Å²) in [5, 5.41) is 11.5. The zero-order valence-electron chi connectivity index (χ0n) is 16.2. The van der Waals surface area contributed by atoms with Crippen LogP contribution in [0.3, 0.4) is 0 Å². The quantitative estimate of drug-likeness (QED) is 0.733. The number of methoxy groups -OCH3 is 1. The van der Waals surface area contributed by atoms with E-state index in [1.807, 2.05) is 30.3 Å². The fourth-order valence-electron chi connectivity index (χ4n) is 3.33. The Morgan fingerprint density at radius 2 is 1.64 bits per heavy atom. The normalized spacial score (nSPS) is 14.1. The fraction of sp³-hybridized carbons (Fsp3) is 0.286. The Morgan fingerprint density at radius 1 is 0.929 bits per heavy atom. The van der Waals surface area contributed by atoms with Crippen molar-refractivity contribution in [1.82, 2.24) is 15.2 Å². The highest BCUT2D eigenvalue weighted by atomic mass is 16.5. The molecule has 1 aromatic heterocycles. The van der Waals surface area contributed by atoms with E-state index in [1.54, 1.807) is 13.3 Å². The van der Waals surface area contributed by atoms with E-state index in [4.69, 9.17) is 4.74 Å². The topological polar surface area (TPSA) is 66.4 Å². The number of aryl methyl sites for hydroxylation is 1. The molecule has 28 heavy (non-hydrogen) atoms. The van der Waals surface area contributed by atoms with Gasteiger partial charge in [0.05, 0.1) is 19.0 Å². The lowest BCUT2D eigenvalue weighted by Gasteiger charge is -2.37. The van der Waals surface area contributed by atoms with Gasteiger partial charge in [-0.25, -0.2) is 0 Å². The smallest absolute Gasteiger partial charge is 0.249 e. The number of aromatic nitrogens is 3. The maximum Gasteiger partial charge on any atom is 0.249 e. The minimum absolute atomic E-state index is 0.508. The summed E-state index contributed by atoms with van der Waals surface area (Å²) in [4.78, 5) is 9.22. The van der Waals surface area contributed by atoms with Gasteiger partial charge >= 0.3 is 0 Å². The van der Waals surface area contributed by atoms with E-state index in [0.29, 0.717) is 5.95 Å². The van der Waals surface area contributed by atoms with Crippen LogP contribution in [0, 0.1) is 6.92 Å². The van der Waals surface area contributed by atoms with E-state index in [9.17, 15) is 0 Å². The van der Waals surface area contributed by atoms with E-state index >= 15 is 0 Å². The Morgan fingerprint density at radius 3 is 2.39 bits per heavy atom. The van der Waals surface area contributed by atoms with Crippen LogP contribution in [0.2, 0.25) is 0 Å². The summed E-state index contributed by atoms with van der Waals surface area (Å²) in [6.07, 6.45) is 1.72. The molecule has 4 rings (SSSR count). The molecule has 0 aliphatic carbocycles. The van der Waals surface area contributed by atoms with Crippen LogP contribution < -0.4 is 19.9 Å². The van der Waals surface area contributed by atoms with Crippen molar-refractivity contribution in [3.63, 3.8) is 0 Å². The van der Waals surface area contributed by atoms with E-state index < -0.39 is 0 Å². The second-order valence-corrected chi connectivity index (χ2v) is 6.78.